The van der Waals surface area contributed by atoms with Crippen molar-refractivity contribution < 1.29 is 32.6 Å². The normalized spacial score (nSPS) is 24.3. The fourth-order valence-corrected chi connectivity index (χ4v) is 7.03. The van der Waals surface area contributed by atoms with Crippen LogP contribution in [0.1, 0.15) is 6.92 Å². The van der Waals surface area contributed by atoms with Crippen LogP contribution in [0.25, 0.3) is 0 Å². The van der Waals surface area contributed by atoms with Crippen molar-refractivity contribution in [2.24, 2.45) is 4.99 Å². The van der Waals surface area contributed by atoms with E-state index >= 15 is 0 Å². The number of aliphatic imine (C=N–C) groups is 1. The van der Waals surface area contributed by atoms with E-state index in [-0.39, 0.29) is 22.8 Å². The summed E-state index contributed by atoms with van der Waals surface area (Å²) >= 11 is 1.24. The summed E-state index contributed by atoms with van der Waals surface area (Å²) in [6.45, 7) is 1.36. The highest BCUT2D eigenvalue weighted by Gasteiger charge is 2.49. The Kier molecular flexibility index (Phi) is 6.26. The number of carboxylic acid groups (broad SMARTS) is 1. The number of thioether (sulfide) groups is 1. The molecule has 2 aliphatic heterocycles. The van der Waals surface area contributed by atoms with E-state index in [0.29, 0.717) is 23.2 Å². The van der Waals surface area contributed by atoms with Gasteiger partial charge < -0.3 is 19.5 Å². The van der Waals surface area contributed by atoms with Crippen molar-refractivity contribution in [1.82, 2.24) is 0 Å². The minimum atomic E-state index is -3.16. The zero-order valence-electron chi connectivity index (χ0n) is 15.1. The molecule has 2 fully saturated rings. The van der Waals surface area contributed by atoms with Crippen LogP contribution in [-0.4, -0.2) is 73.2 Å². The number of fused-ring (bicyclic) bond motifs is 1. The van der Waals surface area contributed by atoms with Gasteiger partial charge in [-0.05, 0) is 31.2 Å². The molecule has 1 aromatic rings. The monoisotopic (exact) mass is 428 g/mol. The number of aliphatic carboxylic acids is 1. The van der Waals surface area contributed by atoms with Crippen molar-refractivity contribution in [3.8, 4) is 5.75 Å². The fraction of sp³-hybridized carbons (Fsp3) is 0.471. The molecule has 0 unspecified atom stereocenters. The third kappa shape index (κ3) is 4.83. The van der Waals surface area contributed by atoms with Gasteiger partial charge in [0.1, 0.15) is 19.0 Å². The number of amidine groups is 1. The minimum Gasteiger partial charge on any atom is -0.494 e. The molecular formula is C17H20N2O7S2. The first-order chi connectivity index (χ1) is 13.3. The second-order valence-corrected chi connectivity index (χ2v) is 9.63. The molecule has 2 saturated heterocycles. The molecule has 1 amide bonds. The Morgan fingerprint density at radius 1 is 1.25 bits per heavy atom. The largest absolute Gasteiger partial charge is 0.494 e. The molecule has 0 aromatic heterocycles. The van der Waals surface area contributed by atoms with Crippen molar-refractivity contribution in [1.29, 1.82) is 0 Å². The molecule has 1 N–H and O–H groups in total. The van der Waals surface area contributed by atoms with Crippen LogP contribution in [0.3, 0.4) is 0 Å². The van der Waals surface area contributed by atoms with Gasteiger partial charge in [0.15, 0.2) is 15.0 Å². The fourth-order valence-electron chi connectivity index (χ4n) is 3.10. The van der Waals surface area contributed by atoms with E-state index < -0.39 is 34.9 Å². The number of nitrogens with zero attached hydrogens (tertiary/aromatic N) is 2. The molecule has 0 radical (unpaired) electrons. The van der Waals surface area contributed by atoms with Crippen molar-refractivity contribution in [3.63, 3.8) is 0 Å². The van der Waals surface area contributed by atoms with E-state index in [2.05, 4.69) is 4.99 Å². The first-order valence-electron chi connectivity index (χ1n) is 8.59. The molecule has 152 valence electrons. The molecule has 2 aliphatic rings. The standard InChI is InChI=1S/C17H20N2O7S2/c1-2-26-12-5-3-11(4-6-12)19-13-9-28(23,24)10-14(13)27-17(19)18-15(20)7-25-8-16(21)22/h3-6,13-14H,2,7-10H2,1H3,(H,21,22)/t13-,14+/m0/s1. The molecule has 0 saturated carbocycles. The van der Waals surface area contributed by atoms with Crippen molar-refractivity contribution in [2.45, 2.75) is 18.2 Å². The Morgan fingerprint density at radius 2 is 1.96 bits per heavy atom. The zero-order chi connectivity index (χ0) is 20.3. The maximum Gasteiger partial charge on any atom is 0.329 e. The molecule has 2 atom stereocenters. The summed E-state index contributed by atoms with van der Waals surface area (Å²) in [5.74, 6) is -1.10. The third-order valence-corrected chi connectivity index (χ3v) is 7.37. The molecule has 0 aliphatic carbocycles. The molecule has 1 aromatic carbocycles. The number of carbonyl (C=O) groups excluding carboxylic acids is 1. The summed E-state index contributed by atoms with van der Waals surface area (Å²) in [5.41, 5.74) is 0.707. The lowest BCUT2D eigenvalue weighted by Gasteiger charge is -2.24. The lowest BCUT2D eigenvalue weighted by Crippen LogP contribution is -2.37. The second kappa shape index (κ2) is 8.50. The number of amides is 1. The van der Waals surface area contributed by atoms with Gasteiger partial charge in [0.25, 0.3) is 5.91 Å². The topological polar surface area (TPSA) is 123 Å². The first kappa shape index (κ1) is 20.6. The summed E-state index contributed by atoms with van der Waals surface area (Å²) < 4.78 is 34.3. The minimum absolute atomic E-state index is 0.0133. The van der Waals surface area contributed by atoms with Crippen LogP contribution in [0.4, 0.5) is 5.69 Å². The maximum absolute atomic E-state index is 12.1. The lowest BCUT2D eigenvalue weighted by molar-refractivity contribution is -0.143. The van der Waals surface area contributed by atoms with Gasteiger partial charge in [0.05, 0.1) is 24.2 Å². The summed E-state index contributed by atoms with van der Waals surface area (Å²) in [5, 5.41) is 8.74. The van der Waals surface area contributed by atoms with Crippen molar-refractivity contribution in [2.75, 3.05) is 36.2 Å². The molecule has 28 heavy (non-hydrogen) atoms. The molecule has 3 rings (SSSR count). The number of rotatable bonds is 7. The molecule has 2 heterocycles. The molecule has 0 bridgehead atoms. The number of ether oxygens (including phenoxy) is 2. The van der Waals surface area contributed by atoms with Crippen molar-refractivity contribution in [3.05, 3.63) is 24.3 Å². The summed E-state index contributed by atoms with van der Waals surface area (Å²) in [4.78, 5) is 28.3. The Labute approximate surface area is 166 Å². The number of carbonyl (C=O) groups is 2. The third-order valence-electron chi connectivity index (χ3n) is 4.16. The van der Waals surface area contributed by atoms with E-state index in [4.69, 9.17) is 14.6 Å². The summed E-state index contributed by atoms with van der Waals surface area (Å²) in [6.07, 6.45) is 0. The van der Waals surface area contributed by atoms with Gasteiger partial charge in [0.2, 0.25) is 0 Å². The number of sulfone groups is 1. The molecule has 11 heteroatoms. The van der Waals surface area contributed by atoms with Crippen LogP contribution in [0.2, 0.25) is 0 Å². The van der Waals surface area contributed by atoms with Gasteiger partial charge in [-0.1, -0.05) is 11.8 Å². The van der Waals surface area contributed by atoms with Gasteiger partial charge >= 0.3 is 5.97 Å². The first-order valence-corrected chi connectivity index (χ1v) is 11.3. The number of anilines is 1. The van der Waals surface area contributed by atoms with Crippen LogP contribution in [0.5, 0.6) is 5.75 Å². The van der Waals surface area contributed by atoms with Crippen LogP contribution in [0.15, 0.2) is 29.3 Å². The van der Waals surface area contributed by atoms with Gasteiger partial charge in [-0.2, -0.15) is 4.99 Å². The Hall–Kier alpha value is -2.11. The van der Waals surface area contributed by atoms with E-state index in [1.54, 1.807) is 29.2 Å². The molecule has 9 nitrogen and oxygen atoms in total. The van der Waals surface area contributed by atoms with Crippen LogP contribution in [0, 0.1) is 0 Å². The van der Waals surface area contributed by atoms with Gasteiger partial charge in [-0.25, -0.2) is 13.2 Å². The number of benzene rings is 1. The van der Waals surface area contributed by atoms with Gasteiger partial charge in [-0.15, -0.1) is 0 Å². The second-order valence-electron chi connectivity index (χ2n) is 6.27. The maximum atomic E-state index is 12.1. The van der Waals surface area contributed by atoms with E-state index in [9.17, 15) is 18.0 Å². The van der Waals surface area contributed by atoms with Gasteiger partial charge in [0, 0.05) is 10.9 Å². The number of carboxylic acids is 1. The van der Waals surface area contributed by atoms with Crippen LogP contribution < -0.4 is 9.64 Å². The lowest BCUT2D eigenvalue weighted by atomic mass is 10.2. The average Bonchev–Trinajstić information content (AvgIpc) is 3.06. The van der Waals surface area contributed by atoms with E-state index in [1.165, 1.54) is 11.8 Å². The Morgan fingerprint density at radius 3 is 2.61 bits per heavy atom. The molecular weight excluding hydrogens is 408 g/mol. The Balaban J connectivity index is 1.83. The van der Waals surface area contributed by atoms with Crippen LogP contribution in [-0.2, 0) is 24.2 Å². The number of hydrogen-bond acceptors (Lipinski definition) is 7. The Bertz CT molecular complexity index is 883. The van der Waals surface area contributed by atoms with E-state index in [0.717, 1.165) is 0 Å². The van der Waals surface area contributed by atoms with Gasteiger partial charge in [-0.3, -0.25) is 4.79 Å². The summed E-state index contributed by atoms with van der Waals surface area (Å²) in [7, 11) is -3.16. The zero-order valence-corrected chi connectivity index (χ0v) is 16.7. The smallest absolute Gasteiger partial charge is 0.329 e. The number of hydrogen-bond donors (Lipinski definition) is 1. The predicted molar refractivity (Wildman–Crippen MR) is 105 cm³/mol. The quantitative estimate of drug-likeness (QED) is 0.671. The SMILES string of the molecule is CCOc1ccc(N2C(=NC(=O)COCC(=O)O)S[C@@H]3CS(=O)(=O)C[C@@H]32)cc1. The van der Waals surface area contributed by atoms with E-state index in [1.807, 2.05) is 6.92 Å². The average molecular weight is 428 g/mol. The highest BCUT2D eigenvalue weighted by atomic mass is 32.2. The van der Waals surface area contributed by atoms with Crippen molar-refractivity contribution >= 4 is 44.3 Å². The summed E-state index contributed by atoms with van der Waals surface area (Å²) in [6, 6.07) is 6.81. The molecule has 0 spiro atoms. The highest BCUT2D eigenvalue weighted by molar-refractivity contribution is 8.16. The highest BCUT2D eigenvalue weighted by Crippen LogP contribution is 2.41. The predicted octanol–water partition coefficient (Wildman–Crippen LogP) is 0.788. The van der Waals surface area contributed by atoms with Crippen LogP contribution >= 0.6 is 11.8 Å².